The SMILES string of the molecule is O=C(O)CCC[C@H]1CC[C@@H]2[C@@H](/C=C/[C@@H](O)CCc3cccc(O)c3)[C@H](O)C[C@@H]2OC1. The molecule has 0 bridgehead atoms. The van der Waals surface area contributed by atoms with E-state index in [-0.39, 0.29) is 30.1 Å². The number of carbonyl (C=O) groups is 1. The molecule has 0 spiro atoms. The van der Waals surface area contributed by atoms with Gasteiger partial charge in [-0.05, 0) is 68.1 Å². The van der Waals surface area contributed by atoms with Gasteiger partial charge in [0.2, 0.25) is 0 Å². The Balaban J connectivity index is 1.49. The summed E-state index contributed by atoms with van der Waals surface area (Å²) in [6.45, 7) is 0.635. The zero-order chi connectivity index (χ0) is 21.5. The topological polar surface area (TPSA) is 107 Å². The van der Waals surface area contributed by atoms with Gasteiger partial charge in [0.1, 0.15) is 5.75 Å². The smallest absolute Gasteiger partial charge is 0.303 e. The van der Waals surface area contributed by atoms with Crippen LogP contribution in [0.25, 0.3) is 0 Å². The number of aliphatic hydroxyl groups is 2. The van der Waals surface area contributed by atoms with Crippen molar-refractivity contribution in [1.82, 2.24) is 0 Å². The minimum atomic E-state index is -0.752. The van der Waals surface area contributed by atoms with E-state index in [9.17, 15) is 20.1 Å². The fourth-order valence-electron chi connectivity index (χ4n) is 4.86. The second-order valence-corrected chi connectivity index (χ2v) is 8.81. The number of carboxylic acids is 1. The van der Waals surface area contributed by atoms with Gasteiger partial charge in [0.15, 0.2) is 0 Å². The van der Waals surface area contributed by atoms with Gasteiger partial charge in [-0.25, -0.2) is 0 Å². The summed E-state index contributed by atoms with van der Waals surface area (Å²) in [5.41, 5.74) is 0.981. The number of hydrogen-bond donors (Lipinski definition) is 4. The Hall–Kier alpha value is -1.89. The highest BCUT2D eigenvalue weighted by Crippen LogP contribution is 2.42. The molecule has 1 aromatic rings. The average Bonchev–Trinajstić information content (AvgIpc) is 2.86. The molecule has 2 aliphatic rings. The van der Waals surface area contributed by atoms with Crippen molar-refractivity contribution in [3.05, 3.63) is 42.0 Å². The first-order valence-corrected chi connectivity index (χ1v) is 11.1. The number of aryl methyl sites for hydroxylation is 1. The molecule has 1 saturated heterocycles. The third-order valence-electron chi connectivity index (χ3n) is 6.54. The fourth-order valence-corrected chi connectivity index (χ4v) is 4.86. The lowest BCUT2D eigenvalue weighted by Gasteiger charge is -2.21. The van der Waals surface area contributed by atoms with Gasteiger partial charge < -0.3 is 25.2 Å². The Morgan fingerprint density at radius 3 is 2.90 bits per heavy atom. The van der Waals surface area contributed by atoms with Crippen LogP contribution in [0.5, 0.6) is 5.75 Å². The maximum atomic E-state index is 10.7. The van der Waals surface area contributed by atoms with Crippen molar-refractivity contribution in [2.45, 2.75) is 69.7 Å². The Bertz CT molecular complexity index is 717. The van der Waals surface area contributed by atoms with Crippen molar-refractivity contribution in [2.24, 2.45) is 17.8 Å². The number of aliphatic hydroxyl groups excluding tert-OH is 2. The molecule has 1 aliphatic heterocycles. The van der Waals surface area contributed by atoms with Gasteiger partial charge in [0.25, 0.3) is 0 Å². The minimum absolute atomic E-state index is 0.0248. The Labute approximate surface area is 178 Å². The lowest BCUT2D eigenvalue weighted by Crippen LogP contribution is -2.21. The number of phenolic OH excluding ortho intramolecular Hbond substituents is 1. The summed E-state index contributed by atoms with van der Waals surface area (Å²) >= 11 is 0. The summed E-state index contributed by atoms with van der Waals surface area (Å²) in [6, 6.07) is 7.06. The predicted molar refractivity (Wildman–Crippen MR) is 113 cm³/mol. The number of benzene rings is 1. The van der Waals surface area contributed by atoms with Crippen LogP contribution in [0, 0.1) is 17.8 Å². The molecule has 1 aromatic carbocycles. The molecule has 0 unspecified atom stereocenters. The highest BCUT2D eigenvalue weighted by Gasteiger charge is 2.43. The molecule has 0 aromatic heterocycles. The van der Waals surface area contributed by atoms with Crippen molar-refractivity contribution in [3.8, 4) is 5.75 Å². The number of phenols is 1. The van der Waals surface area contributed by atoms with Crippen molar-refractivity contribution >= 4 is 5.97 Å². The van der Waals surface area contributed by atoms with E-state index in [2.05, 4.69) is 0 Å². The van der Waals surface area contributed by atoms with Crippen molar-refractivity contribution in [3.63, 3.8) is 0 Å². The van der Waals surface area contributed by atoms with E-state index in [1.54, 1.807) is 24.3 Å². The summed E-state index contributed by atoms with van der Waals surface area (Å²) in [5.74, 6) is 0.0661. The summed E-state index contributed by atoms with van der Waals surface area (Å²) in [5, 5.41) is 39.2. The molecule has 1 heterocycles. The van der Waals surface area contributed by atoms with Crippen LogP contribution in [0.3, 0.4) is 0 Å². The maximum absolute atomic E-state index is 10.7. The number of aromatic hydroxyl groups is 1. The highest BCUT2D eigenvalue weighted by atomic mass is 16.5. The number of carboxylic acid groups (broad SMARTS) is 1. The first-order chi connectivity index (χ1) is 14.4. The molecule has 3 rings (SSSR count). The molecule has 2 fully saturated rings. The van der Waals surface area contributed by atoms with Gasteiger partial charge in [-0.3, -0.25) is 4.79 Å². The molecule has 1 saturated carbocycles. The number of fused-ring (bicyclic) bond motifs is 1. The largest absolute Gasteiger partial charge is 0.508 e. The third kappa shape index (κ3) is 6.56. The molecule has 4 N–H and O–H groups in total. The number of aliphatic carboxylic acids is 1. The predicted octanol–water partition coefficient (Wildman–Crippen LogP) is 3.29. The average molecular weight is 419 g/mol. The van der Waals surface area contributed by atoms with E-state index in [1.165, 1.54) is 0 Å². The summed E-state index contributed by atoms with van der Waals surface area (Å²) in [4.78, 5) is 10.7. The van der Waals surface area contributed by atoms with Gasteiger partial charge >= 0.3 is 5.97 Å². The quantitative estimate of drug-likeness (QED) is 0.459. The molecular weight excluding hydrogens is 384 g/mol. The van der Waals surface area contributed by atoms with E-state index >= 15 is 0 Å². The standard InChI is InChI=1S/C24H34O6/c25-18(9-7-16-3-1-5-19(26)13-16)10-12-20-21-11-8-17(4-2-6-24(28)29)15-30-23(21)14-22(20)27/h1,3,5,10,12-13,17-18,20-23,25-27H,2,4,6-9,11,14-15H2,(H,28,29)/b12-10+/t17-,18-,20+,21+,22+,23-/m0/s1. The highest BCUT2D eigenvalue weighted by molar-refractivity contribution is 5.66. The van der Waals surface area contributed by atoms with Crippen LogP contribution in [-0.2, 0) is 16.0 Å². The minimum Gasteiger partial charge on any atom is -0.508 e. The molecule has 0 amide bonds. The summed E-state index contributed by atoms with van der Waals surface area (Å²) in [7, 11) is 0. The first-order valence-electron chi connectivity index (χ1n) is 11.1. The van der Waals surface area contributed by atoms with E-state index in [0.717, 1.165) is 24.8 Å². The maximum Gasteiger partial charge on any atom is 0.303 e. The monoisotopic (exact) mass is 418 g/mol. The van der Waals surface area contributed by atoms with E-state index in [4.69, 9.17) is 9.84 Å². The van der Waals surface area contributed by atoms with Crippen LogP contribution in [0.4, 0.5) is 0 Å². The van der Waals surface area contributed by atoms with Crippen molar-refractivity contribution in [2.75, 3.05) is 6.61 Å². The molecule has 1 aliphatic carbocycles. The second kappa shape index (κ2) is 10.9. The first kappa shape index (κ1) is 22.8. The summed E-state index contributed by atoms with van der Waals surface area (Å²) < 4.78 is 6.09. The third-order valence-corrected chi connectivity index (χ3v) is 6.54. The van der Waals surface area contributed by atoms with Crippen LogP contribution < -0.4 is 0 Å². The van der Waals surface area contributed by atoms with Gasteiger partial charge in [-0.1, -0.05) is 24.3 Å². The van der Waals surface area contributed by atoms with Crippen LogP contribution in [-0.4, -0.2) is 51.3 Å². The molecule has 6 heteroatoms. The van der Waals surface area contributed by atoms with Crippen LogP contribution in [0.15, 0.2) is 36.4 Å². The molecule has 0 radical (unpaired) electrons. The number of rotatable bonds is 9. The number of ether oxygens (including phenoxy) is 1. The van der Waals surface area contributed by atoms with Crippen LogP contribution in [0.1, 0.15) is 50.5 Å². The normalized spacial score (nSPS) is 30.1. The van der Waals surface area contributed by atoms with E-state index < -0.39 is 18.2 Å². The second-order valence-electron chi connectivity index (χ2n) is 8.81. The van der Waals surface area contributed by atoms with Crippen LogP contribution >= 0.6 is 0 Å². The van der Waals surface area contributed by atoms with Gasteiger partial charge in [-0.15, -0.1) is 0 Å². The van der Waals surface area contributed by atoms with E-state index in [0.29, 0.717) is 38.2 Å². The zero-order valence-corrected chi connectivity index (χ0v) is 17.4. The van der Waals surface area contributed by atoms with E-state index in [1.807, 2.05) is 12.1 Å². The lowest BCUT2D eigenvalue weighted by atomic mass is 9.86. The van der Waals surface area contributed by atoms with Crippen molar-refractivity contribution in [1.29, 1.82) is 0 Å². The van der Waals surface area contributed by atoms with Gasteiger partial charge in [0.05, 0.1) is 18.3 Å². The van der Waals surface area contributed by atoms with Gasteiger partial charge in [-0.2, -0.15) is 0 Å². The number of hydrogen-bond acceptors (Lipinski definition) is 5. The molecule has 166 valence electrons. The zero-order valence-electron chi connectivity index (χ0n) is 17.4. The Morgan fingerprint density at radius 1 is 1.30 bits per heavy atom. The Morgan fingerprint density at radius 2 is 2.13 bits per heavy atom. The van der Waals surface area contributed by atoms with Gasteiger partial charge in [0, 0.05) is 25.4 Å². The van der Waals surface area contributed by atoms with Crippen molar-refractivity contribution < 1.29 is 30.0 Å². The Kier molecular flexibility index (Phi) is 8.31. The fraction of sp³-hybridized carbons (Fsp3) is 0.625. The lowest BCUT2D eigenvalue weighted by molar-refractivity contribution is -0.137. The van der Waals surface area contributed by atoms with Crippen LogP contribution in [0.2, 0.25) is 0 Å². The molecule has 6 atom stereocenters. The molecule has 30 heavy (non-hydrogen) atoms. The molecular formula is C24H34O6. The summed E-state index contributed by atoms with van der Waals surface area (Å²) in [6.07, 6.45) is 8.22. The molecule has 6 nitrogen and oxygen atoms in total.